The molecule has 1 aromatic rings. The summed E-state index contributed by atoms with van der Waals surface area (Å²) in [4.78, 5) is 18.0. The van der Waals surface area contributed by atoms with E-state index in [0.29, 0.717) is 12.0 Å². The van der Waals surface area contributed by atoms with Crippen LogP contribution in [0.4, 0.5) is 0 Å². The van der Waals surface area contributed by atoms with Gasteiger partial charge < -0.3 is 15.1 Å². The van der Waals surface area contributed by atoms with Crippen molar-refractivity contribution in [1.82, 2.24) is 4.90 Å². The number of rotatable bonds is 3. The molecule has 2 N–H and O–H groups in total. The summed E-state index contributed by atoms with van der Waals surface area (Å²) < 4.78 is 0. The first-order valence-electron chi connectivity index (χ1n) is 11.9. The Hall–Kier alpha value is -2.79. The lowest BCUT2D eigenvalue weighted by Crippen LogP contribution is -2.48. The van der Waals surface area contributed by atoms with Crippen LogP contribution in [0.2, 0.25) is 0 Å². The Morgan fingerprint density at radius 1 is 1.29 bits per heavy atom. The molecule has 34 heavy (non-hydrogen) atoms. The van der Waals surface area contributed by atoms with E-state index in [2.05, 4.69) is 44.7 Å². The average molecular weight is 481 g/mol. The van der Waals surface area contributed by atoms with Gasteiger partial charge in [0.25, 0.3) is 0 Å². The van der Waals surface area contributed by atoms with Crippen LogP contribution in [0.25, 0.3) is 0 Å². The van der Waals surface area contributed by atoms with Gasteiger partial charge in [0, 0.05) is 41.9 Å². The van der Waals surface area contributed by atoms with Crippen LogP contribution < -0.4 is 0 Å². The maximum atomic E-state index is 10.3. The normalized spacial score (nSPS) is 28.4. The Morgan fingerprint density at radius 3 is 2.68 bits per heavy atom. The Kier molecular flexibility index (Phi) is 6.77. The number of carboxylic acids is 1. The van der Waals surface area contributed by atoms with E-state index in [9.17, 15) is 4.79 Å². The SMILES string of the molecule is CC(C)=CCN1C2=C3CC1C(C)C1(C)N=CC/C(Cl)=C\C3=C1CC2.O=C(O)c1ccccc1O. The Bertz CT molecular complexity index is 1160. The van der Waals surface area contributed by atoms with Crippen LogP contribution in [0.1, 0.15) is 63.7 Å². The van der Waals surface area contributed by atoms with Gasteiger partial charge in [-0.05, 0) is 75.0 Å². The highest BCUT2D eigenvalue weighted by atomic mass is 35.5. The molecular weight excluding hydrogens is 448 g/mol. The van der Waals surface area contributed by atoms with Crippen molar-refractivity contribution in [3.63, 3.8) is 0 Å². The number of halogens is 1. The zero-order valence-corrected chi connectivity index (χ0v) is 21.1. The number of carboxylic acid groups (broad SMARTS) is 1. The monoisotopic (exact) mass is 480 g/mol. The van der Waals surface area contributed by atoms with Crippen molar-refractivity contribution < 1.29 is 15.0 Å². The van der Waals surface area contributed by atoms with Crippen LogP contribution in [-0.2, 0) is 0 Å². The number of carbonyl (C=O) groups is 1. The number of hydrogen-bond donors (Lipinski definition) is 2. The fourth-order valence-corrected chi connectivity index (χ4v) is 5.82. The molecule has 0 aromatic heterocycles. The third kappa shape index (κ3) is 4.34. The summed E-state index contributed by atoms with van der Waals surface area (Å²) in [5.41, 5.74) is 7.28. The van der Waals surface area contributed by atoms with Crippen molar-refractivity contribution in [3.05, 3.63) is 75.0 Å². The number of aliphatic imine (C=N–C) groups is 1. The van der Waals surface area contributed by atoms with Gasteiger partial charge in [-0.2, -0.15) is 0 Å². The molecule has 6 heteroatoms. The van der Waals surface area contributed by atoms with Gasteiger partial charge in [0.1, 0.15) is 11.3 Å². The van der Waals surface area contributed by atoms with Crippen LogP contribution in [0.5, 0.6) is 5.75 Å². The number of aromatic hydroxyl groups is 1. The van der Waals surface area contributed by atoms with Crippen molar-refractivity contribution >= 4 is 23.8 Å². The molecule has 2 aliphatic carbocycles. The minimum absolute atomic E-state index is 0.0671. The predicted octanol–water partition coefficient (Wildman–Crippen LogP) is 6.47. The molecule has 180 valence electrons. The minimum Gasteiger partial charge on any atom is -0.507 e. The summed E-state index contributed by atoms with van der Waals surface area (Å²) in [7, 11) is 0. The van der Waals surface area contributed by atoms with Gasteiger partial charge in [-0.25, -0.2) is 4.79 Å². The molecule has 5 bridgehead atoms. The number of aromatic carboxylic acids is 1. The molecule has 3 unspecified atom stereocenters. The molecule has 5 nitrogen and oxygen atoms in total. The number of nitrogens with zero attached hydrogens (tertiary/aromatic N) is 2. The zero-order valence-electron chi connectivity index (χ0n) is 20.3. The van der Waals surface area contributed by atoms with Crippen LogP contribution in [0.3, 0.4) is 0 Å². The van der Waals surface area contributed by atoms with Crippen molar-refractivity contribution in [1.29, 1.82) is 0 Å². The lowest BCUT2D eigenvalue weighted by molar-refractivity contribution is 0.0693. The van der Waals surface area contributed by atoms with E-state index in [1.165, 1.54) is 28.9 Å². The highest BCUT2D eigenvalue weighted by molar-refractivity contribution is 6.30. The highest BCUT2D eigenvalue weighted by Gasteiger charge is 2.51. The van der Waals surface area contributed by atoms with E-state index in [1.807, 2.05) is 6.21 Å². The maximum absolute atomic E-state index is 10.3. The Labute approximate surface area is 206 Å². The highest BCUT2D eigenvalue weighted by Crippen LogP contribution is 2.54. The molecule has 2 heterocycles. The van der Waals surface area contributed by atoms with E-state index in [-0.39, 0.29) is 16.9 Å². The molecule has 0 amide bonds. The zero-order chi connectivity index (χ0) is 24.6. The third-order valence-corrected chi connectivity index (χ3v) is 7.89. The first kappa shape index (κ1) is 24.3. The first-order chi connectivity index (χ1) is 16.1. The number of hydrogen-bond acceptors (Lipinski definition) is 4. The molecule has 5 rings (SSSR count). The van der Waals surface area contributed by atoms with Crippen molar-refractivity contribution in [2.24, 2.45) is 10.9 Å². The second-order valence-electron chi connectivity index (χ2n) is 9.89. The molecule has 2 aliphatic heterocycles. The van der Waals surface area contributed by atoms with Crippen molar-refractivity contribution in [2.45, 2.75) is 65.0 Å². The van der Waals surface area contributed by atoms with Crippen molar-refractivity contribution in [2.75, 3.05) is 6.54 Å². The number of benzene rings is 1. The molecule has 0 spiro atoms. The second kappa shape index (κ2) is 9.46. The average Bonchev–Trinajstić information content (AvgIpc) is 3.13. The topological polar surface area (TPSA) is 73.1 Å². The quantitative estimate of drug-likeness (QED) is 0.486. The molecule has 0 fully saturated rings. The number of phenols is 1. The number of allylic oxidation sites excluding steroid dienone is 5. The molecule has 3 atom stereocenters. The summed E-state index contributed by atoms with van der Waals surface area (Å²) >= 11 is 6.48. The summed E-state index contributed by atoms with van der Waals surface area (Å²) in [6.07, 6.45) is 10.8. The lowest BCUT2D eigenvalue weighted by atomic mass is 9.72. The van der Waals surface area contributed by atoms with Gasteiger partial charge in [-0.1, -0.05) is 42.3 Å². The smallest absolute Gasteiger partial charge is 0.339 e. The molecule has 4 aliphatic rings. The van der Waals surface area contributed by atoms with Gasteiger partial charge >= 0.3 is 5.97 Å². The fraction of sp³-hybridized carbons (Fsp3) is 0.429. The third-order valence-electron chi connectivity index (χ3n) is 7.62. The minimum atomic E-state index is -1.11. The first-order valence-corrected chi connectivity index (χ1v) is 12.3. The summed E-state index contributed by atoms with van der Waals surface area (Å²) in [5, 5.41) is 18.2. The Balaban J connectivity index is 0.000000231. The standard InChI is InChI=1S/C21H27ClN2.C7H6O3/c1-13(2)8-10-24-19-6-5-18-16-11-15(22)7-9-23-21(18,4)14(3)20(24)12-17(16)19;8-6-4-2-1-3-5(6)7(9)10/h8-9,11,14,20H,5-7,10,12H2,1-4H3;1-4,8H,(H,9,10)/b15-11+,23-9?;. The van der Waals surface area contributed by atoms with Gasteiger partial charge in [0.05, 0.1) is 5.54 Å². The number of likely N-dealkylation sites (tertiary alicyclic amines) is 1. The fourth-order valence-electron chi connectivity index (χ4n) is 5.64. The molecule has 0 saturated carbocycles. The van der Waals surface area contributed by atoms with Gasteiger partial charge in [0.15, 0.2) is 0 Å². The Morgan fingerprint density at radius 2 is 2.03 bits per heavy atom. The molecule has 0 saturated heterocycles. The van der Waals surface area contributed by atoms with Crippen LogP contribution in [0, 0.1) is 5.92 Å². The van der Waals surface area contributed by atoms with Crippen LogP contribution >= 0.6 is 11.6 Å². The number of fused-ring (bicyclic) bond motifs is 1. The summed E-state index contributed by atoms with van der Waals surface area (Å²) in [6, 6.07) is 6.36. The number of para-hydroxylation sites is 1. The van der Waals surface area contributed by atoms with E-state index in [1.54, 1.807) is 23.4 Å². The van der Waals surface area contributed by atoms with E-state index < -0.39 is 5.97 Å². The lowest BCUT2D eigenvalue weighted by Gasteiger charge is -2.46. The van der Waals surface area contributed by atoms with Gasteiger partial charge in [0.2, 0.25) is 0 Å². The van der Waals surface area contributed by atoms with E-state index in [0.717, 1.165) is 37.3 Å². The largest absolute Gasteiger partial charge is 0.507 e. The molecule has 1 aromatic carbocycles. The van der Waals surface area contributed by atoms with Crippen LogP contribution in [-0.4, -0.2) is 45.4 Å². The predicted molar refractivity (Wildman–Crippen MR) is 138 cm³/mol. The van der Waals surface area contributed by atoms with Crippen LogP contribution in [0.15, 0.2) is 74.4 Å². The summed E-state index contributed by atoms with van der Waals surface area (Å²) in [5.74, 6) is -0.807. The molecular formula is C28H33ClN2O3. The van der Waals surface area contributed by atoms with E-state index in [4.69, 9.17) is 26.8 Å². The summed E-state index contributed by atoms with van der Waals surface area (Å²) in [6.45, 7) is 10.2. The van der Waals surface area contributed by atoms with Gasteiger partial charge in [-0.3, -0.25) is 4.99 Å². The molecule has 0 radical (unpaired) electrons. The second-order valence-corrected chi connectivity index (χ2v) is 10.4. The van der Waals surface area contributed by atoms with E-state index >= 15 is 0 Å². The maximum Gasteiger partial charge on any atom is 0.339 e. The van der Waals surface area contributed by atoms with Crippen molar-refractivity contribution in [3.8, 4) is 5.75 Å². The van der Waals surface area contributed by atoms with Gasteiger partial charge in [-0.15, -0.1) is 0 Å².